The van der Waals surface area contributed by atoms with E-state index >= 15 is 0 Å². The van der Waals surface area contributed by atoms with Crippen LogP contribution >= 0.6 is 0 Å². The highest BCUT2D eigenvalue weighted by Crippen LogP contribution is 2.32. The summed E-state index contributed by atoms with van der Waals surface area (Å²) in [6.07, 6.45) is 2.11. The minimum Gasteiger partial charge on any atom is -0.508 e. The number of hydrogen-bond acceptors (Lipinski definition) is 2. The zero-order valence-corrected chi connectivity index (χ0v) is 15.8. The number of rotatable bonds is 3. The SMILES string of the molecule is CC(C)(C)c1cc(O)cc(C(C)(C)C)c1.CC(C)CCCO. The second-order valence-electron chi connectivity index (χ2n) is 8.53. The Labute approximate surface area is 137 Å². The van der Waals surface area contributed by atoms with Crippen molar-refractivity contribution in [1.29, 1.82) is 0 Å². The Morgan fingerprint density at radius 3 is 1.50 bits per heavy atom. The van der Waals surface area contributed by atoms with Crippen LogP contribution in [-0.4, -0.2) is 16.8 Å². The maximum absolute atomic E-state index is 9.72. The van der Waals surface area contributed by atoms with Gasteiger partial charge >= 0.3 is 0 Å². The molecule has 0 saturated carbocycles. The standard InChI is InChI=1S/C14H22O.C6H14O/c1-13(2,3)10-7-11(14(4,5)6)9-12(15)8-10;1-6(2)4-3-5-7/h7-9,15H,1-6H3;6-7H,3-5H2,1-2H3. The highest BCUT2D eigenvalue weighted by Gasteiger charge is 2.20. The summed E-state index contributed by atoms with van der Waals surface area (Å²) in [5.74, 6) is 1.11. The first kappa shape index (κ1) is 21.0. The lowest BCUT2D eigenvalue weighted by Gasteiger charge is -2.25. The number of hydrogen-bond donors (Lipinski definition) is 2. The Morgan fingerprint density at radius 2 is 1.27 bits per heavy atom. The molecule has 0 spiro atoms. The molecule has 2 N–H and O–H groups in total. The Kier molecular flexibility index (Phi) is 8.17. The Bertz CT molecular complexity index is 402. The van der Waals surface area contributed by atoms with Gasteiger partial charge in [-0.3, -0.25) is 0 Å². The third kappa shape index (κ3) is 8.43. The summed E-state index contributed by atoms with van der Waals surface area (Å²) in [6, 6.07) is 5.91. The fraction of sp³-hybridized carbons (Fsp3) is 0.700. The predicted molar refractivity (Wildman–Crippen MR) is 96.7 cm³/mol. The molecule has 0 aromatic heterocycles. The quantitative estimate of drug-likeness (QED) is 0.784. The fourth-order valence-electron chi connectivity index (χ4n) is 1.98. The van der Waals surface area contributed by atoms with E-state index in [0.717, 1.165) is 18.8 Å². The van der Waals surface area contributed by atoms with E-state index in [2.05, 4.69) is 61.5 Å². The number of phenolic OH excluding ortho intramolecular Hbond substituents is 1. The van der Waals surface area contributed by atoms with Gasteiger partial charge < -0.3 is 10.2 Å². The van der Waals surface area contributed by atoms with Crippen molar-refractivity contribution in [3.05, 3.63) is 29.3 Å². The molecule has 0 radical (unpaired) electrons. The highest BCUT2D eigenvalue weighted by molar-refractivity contribution is 5.39. The second kappa shape index (κ2) is 8.57. The topological polar surface area (TPSA) is 40.5 Å². The molecular formula is C20H36O2. The van der Waals surface area contributed by atoms with E-state index in [0.29, 0.717) is 12.4 Å². The summed E-state index contributed by atoms with van der Waals surface area (Å²) < 4.78 is 0. The monoisotopic (exact) mass is 308 g/mol. The van der Waals surface area contributed by atoms with Gasteiger partial charge in [-0.05, 0) is 52.8 Å². The summed E-state index contributed by atoms with van der Waals surface area (Å²) in [6.45, 7) is 17.6. The zero-order valence-electron chi connectivity index (χ0n) is 15.8. The number of aliphatic hydroxyl groups excluding tert-OH is 1. The van der Waals surface area contributed by atoms with E-state index in [4.69, 9.17) is 5.11 Å². The molecule has 22 heavy (non-hydrogen) atoms. The molecule has 0 aliphatic heterocycles. The third-order valence-corrected chi connectivity index (χ3v) is 3.59. The van der Waals surface area contributed by atoms with E-state index in [-0.39, 0.29) is 10.8 Å². The van der Waals surface area contributed by atoms with Gasteiger partial charge in [0, 0.05) is 6.61 Å². The first-order chi connectivity index (χ1) is 9.87. The van der Waals surface area contributed by atoms with E-state index in [1.165, 1.54) is 11.1 Å². The second-order valence-corrected chi connectivity index (χ2v) is 8.53. The van der Waals surface area contributed by atoms with Crippen LogP contribution in [0.15, 0.2) is 18.2 Å². The van der Waals surface area contributed by atoms with Gasteiger partial charge in [-0.15, -0.1) is 0 Å². The molecule has 0 heterocycles. The van der Waals surface area contributed by atoms with Gasteiger partial charge in [0.1, 0.15) is 5.75 Å². The summed E-state index contributed by atoms with van der Waals surface area (Å²) in [5.41, 5.74) is 2.54. The zero-order chi connectivity index (χ0) is 17.6. The molecule has 0 bridgehead atoms. The minimum atomic E-state index is 0.0821. The molecule has 0 saturated heterocycles. The Hall–Kier alpha value is -1.02. The van der Waals surface area contributed by atoms with E-state index < -0.39 is 0 Å². The van der Waals surface area contributed by atoms with Crippen LogP contribution in [0.5, 0.6) is 5.75 Å². The smallest absolute Gasteiger partial charge is 0.116 e. The fourth-order valence-corrected chi connectivity index (χ4v) is 1.98. The molecular weight excluding hydrogens is 272 g/mol. The maximum atomic E-state index is 9.72. The molecule has 1 aromatic carbocycles. The molecule has 2 heteroatoms. The van der Waals surface area contributed by atoms with Crippen LogP contribution in [0.25, 0.3) is 0 Å². The molecule has 1 rings (SSSR count). The van der Waals surface area contributed by atoms with Crippen molar-refractivity contribution in [1.82, 2.24) is 0 Å². The van der Waals surface area contributed by atoms with Gasteiger partial charge in [-0.2, -0.15) is 0 Å². The number of aliphatic hydroxyl groups is 1. The lowest BCUT2D eigenvalue weighted by molar-refractivity contribution is 0.276. The van der Waals surface area contributed by atoms with Crippen molar-refractivity contribution in [2.45, 2.75) is 79.1 Å². The summed E-state index contributed by atoms with van der Waals surface area (Å²) in [4.78, 5) is 0. The first-order valence-electron chi connectivity index (χ1n) is 8.33. The van der Waals surface area contributed by atoms with Crippen molar-refractivity contribution in [2.24, 2.45) is 5.92 Å². The van der Waals surface area contributed by atoms with E-state index in [1.54, 1.807) is 0 Å². The van der Waals surface area contributed by atoms with Gasteiger partial charge in [0.25, 0.3) is 0 Å². The van der Waals surface area contributed by atoms with Crippen LogP contribution < -0.4 is 0 Å². The molecule has 0 aliphatic carbocycles. The Morgan fingerprint density at radius 1 is 0.864 bits per heavy atom. The van der Waals surface area contributed by atoms with Gasteiger partial charge in [0.15, 0.2) is 0 Å². The lowest BCUT2D eigenvalue weighted by Crippen LogP contribution is -2.15. The first-order valence-corrected chi connectivity index (χ1v) is 8.33. The molecule has 0 atom stereocenters. The van der Waals surface area contributed by atoms with Crippen LogP contribution in [0.2, 0.25) is 0 Å². The molecule has 0 fully saturated rings. The summed E-state index contributed by atoms with van der Waals surface area (Å²) >= 11 is 0. The van der Waals surface area contributed by atoms with Crippen LogP contribution in [0, 0.1) is 5.92 Å². The normalized spacial score (nSPS) is 12.1. The van der Waals surface area contributed by atoms with Crippen molar-refractivity contribution < 1.29 is 10.2 Å². The van der Waals surface area contributed by atoms with Crippen molar-refractivity contribution in [3.8, 4) is 5.75 Å². The van der Waals surface area contributed by atoms with Gasteiger partial charge in [-0.25, -0.2) is 0 Å². The van der Waals surface area contributed by atoms with E-state index in [9.17, 15) is 5.11 Å². The van der Waals surface area contributed by atoms with Gasteiger partial charge in [-0.1, -0.05) is 61.5 Å². The average Bonchev–Trinajstić information content (AvgIpc) is 2.34. The van der Waals surface area contributed by atoms with Crippen molar-refractivity contribution in [2.75, 3.05) is 6.61 Å². The van der Waals surface area contributed by atoms with Crippen molar-refractivity contribution >= 4 is 0 Å². The van der Waals surface area contributed by atoms with Crippen LogP contribution in [0.3, 0.4) is 0 Å². The van der Waals surface area contributed by atoms with Gasteiger partial charge in [0.05, 0.1) is 0 Å². The molecule has 0 unspecified atom stereocenters. The molecule has 0 aliphatic rings. The average molecular weight is 309 g/mol. The van der Waals surface area contributed by atoms with Crippen LogP contribution in [-0.2, 0) is 10.8 Å². The Balaban J connectivity index is 0.000000534. The minimum absolute atomic E-state index is 0.0821. The molecule has 1 aromatic rings. The van der Waals surface area contributed by atoms with Gasteiger partial charge in [0.2, 0.25) is 0 Å². The lowest BCUT2D eigenvalue weighted by atomic mass is 9.80. The predicted octanol–water partition coefficient (Wildman–Crippen LogP) is 5.40. The number of benzene rings is 1. The number of aromatic hydroxyl groups is 1. The summed E-state index contributed by atoms with van der Waals surface area (Å²) in [7, 11) is 0. The molecule has 128 valence electrons. The molecule has 2 nitrogen and oxygen atoms in total. The maximum Gasteiger partial charge on any atom is 0.116 e. The number of phenols is 1. The van der Waals surface area contributed by atoms with Crippen LogP contribution in [0.1, 0.15) is 79.4 Å². The summed E-state index contributed by atoms with van der Waals surface area (Å²) in [5, 5.41) is 18.0. The van der Waals surface area contributed by atoms with Crippen LogP contribution in [0.4, 0.5) is 0 Å². The van der Waals surface area contributed by atoms with Crippen molar-refractivity contribution in [3.63, 3.8) is 0 Å². The highest BCUT2D eigenvalue weighted by atomic mass is 16.3. The molecule has 0 amide bonds. The van der Waals surface area contributed by atoms with E-state index in [1.807, 2.05) is 12.1 Å². The third-order valence-electron chi connectivity index (χ3n) is 3.59. The largest absolute Gasteiger partial charge is 0.508 e.